The summed E-state index contributed by atoms with van der Waals surface area (Å²) in [6, 6.07) is 55.4. The molecule has 5 nitrogen and oxygen atoms in total. The molecule has 10 aromatic rings. The molecule has 3 heterocycles. The van der Waals surface area contributed by atoms with Crippen molar-refractivity contribution in [3.63, 3.8) is 0 Å². The Morgan fingerprint density at radius 3 is 1.94 bits per heavy atom. The van der Waals surface area contributed by atoms with Crippen molar-refractivity contribution in [2.24, 2.45) is 0 Å². The van der Waals surface area contributed by atoms with Crippen LogP contribution in [0.4, 0.5) is 0 Å². The van der Waals surface area contributed by atoms with Crippen molar-refractivity contribution < 1.29 is 4.42 Å². The summed E-state index contributed by atoms with van der Waals surface area (Å²) in [4.78, 5) is 15.2. The third kappa shape index (κ3) is 4.47. The number of furan rings is 1. The molecular weight excluding hydrogens is 649 g/mol. The number of aromatic nitrogens is 4. The van der Waals surface area contributed by atoms with Crippen LogP contribution >= 0.6 is 0 Å². The second kappa shape index (κ2) is 11.1. The molecule has 0 saturated carbocycles. The lowest BCUT2D eigenvalue weighted by molar-refractivity contribution is 0.661. The zero-order valence-electron chi connectivity index (χ0n) is 29.2. The summed E-state index contributed by atoms with van der Waals surface area (Å²) in [5.74, 6) is 1.82. The highest BCUT2D eigenvalue weighted by Crippen LogP contribution is 2.51. The Morgan fingerprint density at radius 1 is 0.434 bits per heavy atom. The van der Waals surface area contributed by atoms with Gasteiger partial charge in [-0.15, -0.1) is 0 Å². The smallest absolute Gasteiger partial charge is 0.164 e. The van der Waals surface area contributed by atoms with Gasteiger partial charge >= 0.3 is 0 Å². The fourth-order valence-electron chi connectivity index (χ4n) is 8.44. The third-order valence-electron chi connectivity index (χ3n) is 11.0. The average Bonchev–Trinajstić information content (AvgIpc) is 3.82. The van der Waals surface area contributed by atoms with Crippen LogP contribution in [0.2, 0.25) is 0 Å². The number of hydrogen-bond donors (Lipinski definition) is 0. The van der Waals surface area contributed by atoms with Gasteiger partial charge in [0.2, 0.25) is 0 Å². The predicted molar refractivity (Wildman–Crippen MR) is 215 cm³/mol. The van der Waals surface area contributed by atoms with Crippen LogP contribution in [0.5, 0.6) is 0 Å². The maximum atomic E-state index is 6.26. The number of nitrogens with zero attached hydrogens (tertiary/aromatic N) is 4. The van der Waals surface area contributed by atoms with Gasteiger partial charge < -0.3 is 8.98 Å². The van der Waals surface area contributed by atoms with E-state index >= 15 is 0 Å². The van der Waals surface area contributed by atoms with Gasteiger partial charge in [-0.1, -0.05) is 123 Å². The molecule has 0 atom stereocenters. The Morgan fingerprint density at radius 2 is 1.09 bits per heavy atom. The zero-order valence-corrected chi connectivity index (χ0v) is 29.2. The number of rotatable bonds is 4. The van der Waals surface area contributed by atoms with Crippen LogP contribution < -0.4 is 0 Å². The van der Waals surface area contributed by atoms with Crippen molar-refractivity contribution in [2.45, 2.75) is 19.3 Å². The average molecular weight is 681 g/mol. The summed E-state index contributed by atoms with van der Waals surface area (Å²) < 4.78 is 8.64. The molecule has 0 aliphatic heterocycles. The van der Waals surface area contributed by atoms with Crippen LogP contribution in [0, 0.1) is 0 Å². The molecule has 53 heavy (non-hydrogen) atoms. The van der Waals surface area contributed by atoms with Gasteiger partial charge in [0.05, 0.1) is 11.0 Å². The summed E-state index contributed by atoms with van der Waals surface area (Å²) >= 11 is 0. The first-order valence-corrected chi connectivity index (χ1v) is 18.0. The fraction of sp³-hybridized carbons (Fsp3) is 0.0625. The molecular formula is C48H32N4O. The zero-order chi connectivity index (χ0) is 35.3. The monoisotopic (exact) mass is 680 g/mol. The molecule has 0 bridgehead atoms. The van der Waals surface area contributed by atoms with E-state index in [4.69, 9.17) is 19.4 Å². The maximum Gasteiger partial charge on any atom is 0.164 e. The number of para-hydroxylation sites is 2. The van der Waals surface area contributed by atoms with E-state index in [1.807, 2.05) is 54.6 Å². The summed E-state index contributed by atoms with van der Waals surface area (Å²) in [6.07, 6.45) is 0. The van der Waals surface area contributed by atoms with E-state index < -0.39 is 0 Å². The lowest BCUT2D eigenvalue weighted by atomic mass is 9.82. The molecule has 5 heteroatoms. The number of benzene rings is 7. The first-order chi connectivity index (χ1) is 26.0. The molecule has 0 radical (unpaired) electrons. The summed E-state index contributed by atoms with van der Waals surface area (Å²) in [7, 11) is 0. The van der Waals surface area contributed by atoms with Gasteiger partial charge in [0.15, 0.2) is 17.5 Å². The lowest BCUT2D eigenvalue weighted by Crippen LogP contribution is -2.14. The van der Waals surface area contributed by atoms with Gasteiger partial charge in [-0.2, -0.15) is 0 Å². The SMILES string of the molecule is CC1(C)c2ccccc2-c2cc3c(cc21)c1ccccc1n3-c1cccc(-c2nc(-c3ccccc3)nc(-c3ccc4c(c3)oc3ccccc34)n2)c1. The second-order valence-corrected chi connectivity index (χ2v) is 14.5. The van der Waals surface area contributed by atoms with Gasteiger partial charge in [-0.3, -0.25) is 0 Å². The number of fused-ring (bicyclic) bond motifs is 9. The van der Waals surface area contributed by atoms with Crippen LogP contribution in [0.3, 0.4) is 0 Å². The predicted octanol–water partition coefficient (Wildman–Crippen LogP) is 12.2. The highest BCUT2D eigenvalue weighted by molar-refractivity contribution is 6.11. The van der Waals surface area contributed by atoms with Crippen molar-refractivity contribution in [1.82, 2.24) is 19.5 Å². The molecule has 3 aromatic heterocycles. The molecule has 0 saturated heterocycles. The van der Waals surface area contributed by atoms with E-state index in [0.29, 0.717) is 17.5 Å². The first kappa shape index (κ1) is 29.8. The molecule has 0 N–H and O–H groups in total. The van der Waals surface area contributed by atoms with E-state index in [9.17, 15) is 0 Å². The fourth-order valence-corrected chi connectivity index (χ4v) is 8.44. The molecule has 0 fully saturated rings. The molecule has 250 valence electrons. The Hall–Kier alpha value is -6.85. The van der Waals surface area contributed by atoms with Crippen molar-refractivity contribution in [2.75, 3.05) is 0 Å². The van der Waals surface area contributed by atoms with Crippen LogP contribution in [0.1, 0.15) is 25.0 Å². The van der Waals surface area contributed by atoms with Crippen molar-refractivity contribution in [3.8, 4) is 51.0 Å². The molecule has 1 aliphatic rings. The summed E-state index contributed by atoms with van der Waals surface area (Å²) in [5, 5.41) is 4.64. The minimum absolute atomic E-state index is 0.0783. The largest absolute Gasteiger partial charge is 0.456 e. The second-order valence-electron chi connectivity index (χ2n) is 14.5. The van der Waals surface area contributed by atoms with Gasteiger partial charge in [0.1, 0.15) is 11.2 Å². The topological polar surface area (TPSA) is 56.7 Å². The van der Waals surface area contributed by atoms with Crippen LogP contribution in [0.25, 0.3) is 94.7 Å². The van der Waals surface area contributed by atoms with Crippen LogP contribution in [-0.2, 0) is 5.41 Å². The summed E-state index contributed by atoms with van der Waals surface area (Å²) in [5.41, 5.74) is 13.0. The summed E-state index contributed by atoms with van der Waals surface area (Å²) in [6.45, 7) is 4.68. The highest BCUT2D eigenvalue weighted by atomic mass is 16.3. The van der Waals surface area contributed by atoms with E-state index in [1.54, 1.807) is 0 Å². The molecule has 1 aliphatic carbocycles. The van der Waals surface area contributed by atoms with Crippen molar-refractivity contribution >= 4 is 43.7 Å². The first-order valence-electron chi connectivity index (χ1n) is 18.0. The molecule has 0 spiro atoms. The molecule has 7 aromatic carbocycles. The van der Waals surface area contributed by atoms with E-state index in [-0.39, 0.29) is 5.41 Å². The van der Waals surface area contributed by atoms with Gasteiger partial charge in [-0.05, 0) is 70.8 Å². The normalized spacial score (nSPS) is 13.2. The van der Waals surface area contributed by atoms with Crippen molar-refractivity contribution in [1.29, 1.82) is 0 Å². The van der Waals surface area contributed by atoms with E-state index in [2.05, 4.69) is 122 Å². The molecule has 11 rings (SSSR count). The van der Waals surface area contributed by atoms with E-state index in [0.717, 1.165) is 49.8 Å². The highest BCUT2D eigenvalue weighted by Gasteiger charge is 2.36. The van der Waals surface area contributed by atoms with Gasteiger partial charge in [0, 0.05) is 49.3 Å². The Bertz CT molecular complexity index is 3100. The maximum absolute atomic E-state index is 6.26. The van der Waals surface area contributed by atoms with Gasteiger partial charge in [0.25, 0.3) is 0 Å². The Kier molecular flexibility index (Phi) is 6.23. The quantitative estimate of drug-likeness (QED) is 0.186. The molecule has 0 amide bonds. The molecule has 0 unspecified atom stereocenters. The Balaban J connectivity index is 1.10. The minimum atomic E-state index is -0.0783. The van der Waals surface area contributed by atoms with Crippen LogP contribution in [-0.4, -0.2) is 19.5 Å². The van der Waals surface area contributed by atoms with Gasteiger partial charge in [-0.25, -0.2) is 15.0 Å². The standard InChI is InChI=1S/C48H32N4O/c1-48(2)39-20-9-6-17-33(39)37-28-42-38(27-40(37)48)34-18-7-10-21-41(34)52(42)32-16-12-15-30(25-32)46-49-45(29-13-4-3-5-14-29)50-47(51-46)31-23-24-36-35-19-8-11-22-43(35)53-44(36)26-31/h3-28H,1-2H3. The van der Waals surface area contributed by atoms with E-state index in [1.165, 1.54) is 38.5 Å². The Labute approximate surface area is 305 Å². The van der Waals surface area contributed by atoms with Crippen LogP contribution in [0.15, 0.2) is 162 Å². The van der Waals surface area contributed by atoms with Crippen molar-refractivity contribution in [3.05, 3.63) is 169 Å². The lowest BCUT2D eigenvalue weighted by Gasteiger charge is -2.21. The third-order valence-corrected chi connectivity index (χ3v) is 11.0. The number of hydrogen-bond acceptors (Lipinski definition) is 4. The minimum Gasteiger partial charge on any atom is -0.456 e.